The van der Waals surface area contributed by atoms with Gasteiger partial charge in [-0.05, 0) is 31.5 Å². The molecule has 0 aromatic heterocycles. The number of benzene rings is 1. The van der Waals surface area contributed by atoms with E-state index < -0.39 is 0 Å². The topological polar surface area (TPSA) is 38.5 Å². The number of rotatable bonds is 1. The van der Waals surface area contributed by atoms with Gasteiger partial charge in [-0.2, -0.15) is 0 Å². The van der Waals surface area contributed by atoms with E-state index >= 15 is 0 Å². The number of nitrogen functional groups attached to an aromatic ring is 1. The van der Waals surface area contributed by atoms with Gasteiger partial charge in [-0.3, -0.25) is 0 Å². The summed E-state index contributed by atoms with van der Waals surface area (Å²) in [7, 11) is 0. The number of morpholine rings is 1. The van der Waals surface area contributed by atoms with Crippen molar-refractivity contribution in [3.63, 3.8) is 0 Å². The molecule has 1 fully saturated rings. The zero-order valence-electron chi connectivity index (χ0n) is 9.36. The highest BCUT2D eigenvalue weighted by atomic mass is 16.5. The van der Waals surface area contributed by atoms with Gasteiger partial charge in [0.05, 0.1) is 24.1 Å². The second-order valence-electron chi connectivity index (χ2n) is 4.19. The van der Waals surface area contributed by atoms with Gasteiger partial charge in [-0.15, -0.1) is 0 Å². The highest BCUT2D eigenvalue weighted by Crippen LogP contribution is 2.25. The summed E-state index contributed by atoms with van der Waals surface area (Å²) in [6.45, 7) is 6.79. The number of hydrogen-bond acceptors (Lipinski definition) is 3. The molecule has 3 heteroatoms. The third-order valence-electron chi connectivity index (χ3n) is 2.76. The van der Waals surface area contributed by atoms with E-state index in [1.165, 1.54) is 5.56 Å². The van der Waals surface area contributed by atoms with Crippen molar-refractivity contribution < 1.29 is 4.74 Å². The van der Waals surface area contributed by atoms with Crippen molar-refractivity contribution >= 4 is 11.4 Å². The molecule has 2 N–H and O–H groups in total. The monoisotopic (exact) mass is 206 g/mol. The van der Waals surface area contributed by atoms with Crippen LogP contribution in [0.1, 0.15) is 12.5 Å². The van der Waals surface area contributed by atoms with Crippen LogP contribution < -0.4 is 10.6 Å². The van der Waals surface area contributed by atoms with Crippen LogP contribution in [0.15, 0.2) is 18.2 Å². The molecule has 0 bridgehead atoms. The zero-order valence-corrected chi connectivity index (χ0v) is 9.36. The van der Waals surface area contributed by atoms with Crippen LogP contribution in [-0.4, -0.2) is 25.8 Å². The predicted octanol–water partition coefficient (Wildman–Crippen LogP) is 1.80. The van der Waals surface area contributed by atoms with Crippen molar-refractivity contribution in [1.82, 2.24) is 0 Å². The molecular formula is C12H18N2O. The maximum Gasteiger partial charge on any atom is 0.0722 e. The second kappa shape index (κ2) is 4.11. The van der Waals surface area contributed by atoms with Crippen molar-refractivity contribution in [3.8, 4) is 0 Å². The quantitative estimate of drug-likeness (QED) is 0.712. The molecule has 82 valence electrons. The van der Waals surface area contributed by atoms with Crippen LogP contribution in [0.4, 0.5) is 11.4 Å². The molecule has 1 saturated heterocycles. The fourth-order valence-electron chi connectivity index (χ4n) is 2.00. The van der Waals surface area contributed by atoms with Gasteiger partial charge in [0, 0.05) is 13.1 Å². The molecule has 1 aromatic carbocycles. The van der Waals surface area contributed by atoms with Crippen LogP contribution in [0, 0.1) is 6.92 Å². The average Bonchev–Trinajstić information content (AvgIpc) is 2.17. The molecule has 1 heterocycles. The minimum absolute atomic E-state index is 0.291. The van der Waals surface area contributed by atoms with Gasteiger partial charge in [0.2, 0.25) is 0 Å². The Hall–Kier alpha value is -1.22. The first-order chi connectivity index (χ1) is 7.16. The van der Waals surface area contributed by atoms with Gasteiger partial charge in [-0.25, -0.2) is 0 Å². The smallest absolute Gasteiger partial charge is 0.0722 e. The van der Waals surface area contributed by atoms with E-state index in [9.17, 15) is 0 Å². The minimum Gasteiger partial charge on any atom is -0.397 e. The summed E-state index contributed by atoms with van der Waals surface area (Å²) in [5, 5.41) is 0. The van der Waals surface area contributed by atoms with Crippen molar-refractivity contribution in [2.75, 3.05) is 30.3 Å². The number of hydrogen-bond donors (Lipinski definition) is 1. The lowest BCUT2D eigenvalue weighted by Gasteiger charge is -2.33. The Morgan fingerprint density at radius 2 is 2.27 bits per heavy atom. The number of aryl methyl sites for hydroxylation is 1. The van der Waals surface area contributed by atoms with E-state index in [2.05, 4.69) is 30.9 Å². The number of ether oxygens (including phenoxy) is 1. The summed E-state index contributed by atoms with van der Waals surface area (Å²) in [5.74, 6) is 0. The summed E-state index contributed by atoms with van der Waals surface area (Å²) in [5.41, 5.74) is 9.22. The minimum atomic E-state index is 0.291. The number of nitrogens with two attached hydrogens (primary N) is 1. The highest BCUT2D eigenvalue weighted by Gasteiger charge is 2.18. The molecule has 1 aromatic rings. The summed E-state index contributed by atoms with van der Waals surface area (Å²) in [6.07, 6.45) is 0.291. The van der Waals surface area contributed by atoms with E-state index in [1.54, 1.807) is 0 Å². The SMILES string of the molecule is Cc1ccc(N2CCOC(C)C2)c(N)c1. The van der Waals surface area contributed by atoms with E-state index in [4.69, 9.17) is 10.5 Å². The normalized spacial score (nSPS) is 21.7. The summed E-state index contributed by atoms with van der Waals surface area (Å²) in [4.78, 5) is 2.29. The third-order valence-corrected chi connectivity index (χ3v) is 2.76. The van der Waals surface area contributed by atoms with Gasteiger partial charge in [-0.1, -0.05) is 6.07 Å². The van der Waals surface area contributed by atoms with Crippen molar-refractivity contribution in [2.45, 2.75) is 20.0 Å². The lowest BCUT2D eigenvalue weighted by Crippen LogP contribution is -2.41. The van der Waals surface area contributed by atoms with Gasteiger partial charge >= 0.3 is 0 Å². The van der Waals surface area contributed by atoms with E-state index in [0.29, 0.717) is 6.10 Å². The fraction of sp³-hybridized carbons (Fsp3) is 0.500. The first-order valence-corrected chi connectivity index (χ1v) is 5.39. The Kier molecular flexibility index (Phi) is 2.82. The lowest BCUT2D eigenvalue weighted by atomic mass is 10.1. The molecule has 1 aliphatic heterocycles. The summed E-state index contributed by atoms with van der Waals surface area (Å²) < 4.78 is 5.51. The number of nitrogens with zero attached hydrogens (tertiary/aromatic N) is 1. The van der Waals surface area contributed by atoms with E-state index in [1.807, 2.05) is 6.07 Å². The molecule has 3 nitrogen and oxygen atoms in total. The molecule has 1 atom stereocenters. The van der Waals surface area contributed by atoms with Crippen LogP contribution in [0.3, 0.4) is 0 Å². The summed E-state index contributed by atoms with van der Waals surface area (Å²) >= 11 is 0. The lowest BCUT2D eigenvalue weighted by molar-refractivity contribution is 0.0533. The standard InChI is InChI=1S/C12H18N2O/c1-9-3-4-12(11(13)7-9)14-5-6-15-10(2)8-14/h3-4,7,10H,5-6,8,13H2,1-2H3. The maximum absolute atomic E-state index is 6.02. The van der Waals surface area contributed by atoms with Crippen LogP contribution >= 0.6 is 0 Å². The maximum atomic E-state index is 6.02. The molecule has 2 rings (SSSR count). The zero-order chi connectivity index (χ0) is 10.8. The molecular weight excluding hydrogens is 188 g/mol. The van der Waals surface area contributed by atoms with Crippen LogP contribution in [-0.2, 0) is 4.74 Å². The Balaban J connectivity index is 2.21. The summed E-state index contributed by atoms with van der Waals surface area (Å²) in [6, 6.07) is 6.23. The van der Waals surface area contributed by atoms with Crippen LogP contribution in [0.5, 0.6) is 0 Å². The van der Waals surface area contributed by atoms with Crippen LogP contribution in [0.2, 0.25) is 0 Å². The molecule has 0 saturated carbocycles. The van der Waals surface area contributed by atoms with Gasteiger partial charge in [0.25, 0.3) is 0 Å². The van der Waals surface area contributed by atoms with Gasteiger partial charge in [0.1, 0.15) is 0 Å². The third kappa shape index (κ3) is 2.23. The van der Waals surface area contributed by atoms with E-state index in [-0.39, 0.29) is 0 Å². The first-order valence-electron chi connectivity index (χ1n) is 5.39. The predicted molar refractivity (Wildman–Crippen MR) is 63.2 cm³/mol. The Morgan fingerprint density at radius 1 is 1.47 bits per heavy atom. The van der Waals surface area contributed by atoms with Crippen molar-refractivity contribution in [1.29, 1.82) is 0 Å². The van der Waals surface area contributed by atoms with E-state index in [0.717, 1.165) is 31.1 Å². The average molecular weight is 206 g/mol. The molecule has 1 unspecified atom stereocenters. The second-order valence-corrected chi connectivity index (χ2v) is 4.19. The molecule has 0 spiro atoms. The van der Waals surface area contributed by atoms with Crippen LogP contribution in [0.25, 0.3) is 0 Å². The first kappa shape index (κ1) is 10.3. The molecule has 0 amide bonds. The van der Waals surface area contributed by atoms with Crippen molar-refractivity contribution in [2.24, 2.45) is 0 Å². The largest absolute Gasteiger partial charge is 0.397 e. The van der Waals surface area contributed by atoms with Gasteiger partial charge in [0.15, 0.2) is 0 Å². The number of anilines is 2. The Bertz CT molecular complexity index is 351. The molecule has 0 radical (unpaired) electrons. The van der Waals surface area contributed by atoms with Crippen molar-refractivity contribution in [3.05, 3.63) is 23.8 Å². The Labute approximate surface area is 90.8 Å². The Morgan fingerprint density at radius 3 is 2.93 bits per heavy atom. The molecule has 1 aliphatic rings. The highest BCUT2D eigenvalue weighted by molar-refractivity contribution is 5.68. The van der Waals surface area contributed by atoms with Gasteiger partial charge < -0.3 is 15.4 Å². The fourth-order valence-corrected chi connectivity index (χ4v) is 2.00. The molecule has 15 heavy (non-hydrogen) atoms. The molecule has 0 aliphatic carbocycles.